The molecule has 1 rings (SSSR count). The van der Waals surface area contributed by atoms with Crippen LogP contribution in [0.4, 0.5) is 0 Å². The van der Waals surface area contributed by atoms with Crippen molar-refractivity contribution in [1.29, 1.82) is 0 Å². The summed E-state index contributed by atoms with van der Waals surface area (Å²) < 4.78 is 30.8. The van der Waals surface area contributed by atoms with Crippen LogP contribution >= 0.6 is 0 Å². The zero-order valence-electron chi connectivity index (χ0n) is 12.6. The molecular formula is C14H22N2O4S. The first-order valence-corrected chi connectivity index (χ1v) is 8.25. The highest BCUT2D eigenvalue weighted by atomic mass is 32.2. The van der Waals surface area contributed by atoms with E-state index in [4.69, 9.17) is 4.74 Å². The molecule has 0 aliphatic carbocycles. The molecule has 0 saturated carbocycles. The Labute approximate surface area is 126 Å². The minimum atomic E-state index is -3.52. The van der Waals surface area contributed by atoms with Gasteiger partial charge in [0.2, 0.25) is 10.0 Å². The van der Waals surface area contributed by atoms with Gasteiger partial charge in [-0.25, -0.2) is 17.5 Å². The Balaban J connectivity index is 2.82. The second kappa shape index (κ2) is 8.11. The number of hydrogen-bond donors (Lipinski definition) is 1. The smallest absolute Gasteiger partial charge is 0.338 e. The van der Waals surface area contributed by atoms with Crippen molar-refractivity contribution >= 4 is 16.0 Å². The van der Waals surface area contributed by atoms with E-state index in [1.807, 2.05) is 7.05 Å². The molecule has 118 valence electrons. The van der Waals surface area contributed by atoms with Gasteiger partial charge in [-0.1, -0.05) is 0 Å². The number of nitrogens with zero attached hydrogens (tertiary/aromatic N) is 1. The Morgan fingerprint density at radius 2 is 1.90 bits per heavy atom. The van der Waals surface area contributed by atoms with Crippen molar-refractivity contribution in [2.45, 2.75) is 18.2 Å². The summed E-state index contributed by atoms with van der Waals surface area (Å²) in [6, 6.07) is 5.78. The number of hydrogen-bond acceptors (Lipinski definition) is 5. The van der Waals surface area contributed by atoms with Crippen LogP contribution in [-0.2, 0) is 14.8 Å². The molecule has 0 aromatic heterocycles. The third-order valence-electron chi connectivity index (χ3n) is 2.97. The topological polar surface area (TPSA) is 75.7 Å². The lowest BCUT2D eigenvalue weighted by atomic mass is 10.2. The van der Waals surface area contributed by atoms with Gasteiger partial charge in [0, 0.05) is 13.6 Å². The van der Waals surface area contributed by atoms with E-state index in [2.05, 4.69) is 5.32 Å². The van der Waals surface area contributed by atoms with E-state index < -0.39 is 16.0 Å². The van der Waals surface area contributed by atoms with E-state index in [1.54, 1.807) is 14.0 Å². The van der Waals surface area contributed by atoms with Gasteiger partial charge in [-0.15, -0.1) is 0 Å². The summed E-state index contributed by atoms with van der Waals surface area (Å²) >= 11 is 0. The second-order valence-electron chi connectivity index (χ2n) is 4.53. The number of rotatable bonds is 8. The number of sulfonamides is 1. The summed E-state index contributed by atoms with van der Waals surface area (Å²) in [6.07, 6.45) is 0.729. The molecule has 1 aromatic carbocycles. The fraction of sp³-hybridized carbons (Fsp3) is 0.500. The molecule has 0 atom stereocenters. The van der Waals surface area contributed by atoms with Crippen LogP contribution < -0.4 is 5.32 Å². The zero-order valence-corrected chi connectivity index (χ0v) is 13.4. The molecular weight excluding hydrogens is 292 g/mol. The summed E-state index contributed by atoms with van der Waals surface area (Å²) in [4.78, 5) is 11.7. The van der Waals surface area contributed by atoms with Gasteiger partial charge in [0.05, 0.1) is 17.1 Å². The molecule has 0 amide bonds. The first kappa shape index (κ1) is 17.6. The molecule has 0 saturated heterocycles. The Bertz CT molecular complexity index is 555. The highest BCUT2D eigenvalue weighted by Gasteiger charge is 2.20. The Morgan fingerprint density at radius 1 is 1.29 bits per heavy atom. The summed E-state index contributed by atoms with van der Waals surface area (Å²) in [5, 5.41) is 2.97. The standard InChI is InChI=1S/C14H22N2O4S/c1-4-20-14(17)12-6-8-13(9-7-12)21(18,19)16(3)11-5-10-15-2/h6-9,15H,4-5,10-11H2,1-3H3. The lowest BCUT2D eigenvalue weighted by Crippen LogP contribution is -2.29. The van der Waals surface area contributed by atoms with Crippen molar-refractivity contribution in [2.75, 3.05) is 33.8 Å². The van der Waals surface area contributed by atoms with Gasteiger partial charge in [0.15, 0.2) is 0 Å². The third kappa shape index (κ3) is 4.80. The van der Waals surface area contributed by atoms with Crippen LogP contribution in [0.5, 0.6) is 0 Å². The van der Waals surface area contributed by atoms with Crippen molar-refractivity contribution < 1.29 is 17.9 Å². The predicted octanol–water partition coefficient (Wildman–Crippen LogP) is 1.09. The molecule has 1 aromatic rings. The van der Waals surface area contributed by atoms with Gasteiger partial charge >= 0.3 is 5.97 Å². The van der Waals surface area contributed by atoms with E-state index in [9.17, 15) is 13.2 Å². The van der Waals surface area contributed by atoms with E-state index >= 15 is 0 Å². The van der Waals surface area contributed by atoms with Crippen molar-refractivity contribution in [3.8, 4) is 0 Å². The number of nitrogens with one attached hydrogen (secondary N) is 1. The molecule has 21 heavy (non-hydrogen) atoms. The van der Waals surface area contributed by atoms with Gasteiger partial charge in [0.25, 0.3) is 0 Å². The average molecular weight is 314 g/mol. The summed E-state index contributed by atoms with van der Waals surface area (Å²) in [7, 11) is -0.153. The van der Waals surface area contributed by atoms with Gasteiger partial charge in [0.1, 0.15) is 0 Å². The van der Waals surface area contributed by atoms with Crippen LogP contribution in [0.15, 0.2) is 29.2 Å². The van der Waals surface area contributed by atoms with Crippen molar-refractivity contribution in [1.82, 2.24) is 9.62 Å². The number of carbonyl (C=O) groups is 1. The number of carbonyl (C=O) groups excluding carboxylic acids is 1. The maximum Gasteiger partial charge on any atom is 0.338 e. The molecule has 6 nitrogen and oxygen atoms in total. The quantitative estimate of drug-likeness (QED) is 0.574. The largest absolute Gasteiger partial charge is 0.462 e. The minimum Gasteiger partial charge on any atom is -0.462 e. The summed E-state index contributed by atoms with van der Waals surface area (Å²) in [5.74, 6) is -0.455. The molecule has 0 radical (unpaired) electrons. The van der Waals surface area contributed by atoms with Crippen molar-refractivity contribution in [2.24, 2.45) is 0 Å². The molecule has 0 unspecified atom stereocenters. The molecule has 0 aliphatic rings. The Kier molecular flexibility index (Phi) is 6.80. The van der Waals surface area contributed by atoms with E-state index in [-0.39, 0.29) is 11.5 Å². The lowest BCUT2D eigenvalue weighted by Gasteiger charge is -2.17. The van der Waals surface area contributed by atoms with Crippen molar-refractivity contribution in [3.05, 3.63) is 29.8 Å². The van der Waals surface area contributed by atoms with Crippen LogP contribution in [-0.4, -0.2) is 52.5 Å². The third-order valence-corrected chi connectivity index (χ3v) is 4.84. The maximum atomic E-state index is 12.3. The van der Waals surface area contributed by atoms with Crippen LogP contribution in [0.25, 0.3) is 0 Å². The van der Waals surface area contributed by atoms with Crippen LogP contribution in [0.3, 0.4) is 0 Å². The maximum absolute atomic E-state index is 12.3. The fourth-order valence-corrected chi connectivity index (χ4v) is 2.97. The SMILES string of the molecule is CCOC(=O)c1ccc(S(=O)(=O)N(C)CCCNC)cc1. The molecule has 0 fully saturated rings. The van der Waals surface area contributed by atoms with Crippen molar-refractivity contribution in [3.63, 3.8) is 0 Å². The average Bonchev–Trinajstić information content (AvgIpc) is 2.47. The van der Waals surface area contributed by atoms with E-state index in [0.29, 0.717) is 12.1 Å². The summed E-state index contributed by atoms with van der Waals surface area (Å²) in [5.41, 5.74) is 0.341. The Hall–Kier alpha value is -1.44. The second-order valence-corrected chi connectivity index (χ2v) is 6.57. The molecule has 0 heterocycles. The lowest BCUT2D eigenvalue weighted by molar-refractivity contribution is 0.0526. The molecule has 0 spiro atoms. The van der Waals surface area contributed by atoms with Crippen LogP contribution in [0.1, 0.15) is 23.7 Å². The Morgan fingerprint density at radius 3 is 2.43 bits per heavy atom. The molecule has 7 heteroatoms. The van der Waals surface area contributed by atoms with Gasteiger partial charge in [-0.2, -0.15) is 0 Å². The zero-order chi connectivity index (χ0) is 15.9. The number of benzene rings is 1. The normalized spacial score (nSPS) is 11.6. The van der Waals surface area contributed by atoms with Gasteiger partial charge in [-0.3, -0.25) is 0 Å². The van der Waals surface area contributed by atoms with Gasteiger partial charge < -0.3 is 10.1 Å². The minimum absolute atomic E-state index is 0.169. The first-order valence-electron chi connectivity index (χ1n) is 6.81. The van der Waals surface area contributed by atoms with E-state index in [1.165, 1.54) is 28.6 Å². The monoisotopic (exact) mass is 314 g/mol. The summed E-state index contributed by atoms with van der Waals surface area (Å²) in [6.45, 7) is 3.19. The molecule has 0 aliphatic heterocycles. The first-order chi connectivity index (χ1) is 9.93. The van der Waals surface area contributed by atoms with E-state index in [0.717, 1.165) is 13.0 Å². The fourth-order valence-electron chi connectivity index (χ4n) is 1.76. The molecule has 1 N–H and O–H groups in total. The number of esters is 1. The van der Waals surface area contributed by atoms with Crippen LogP contribution in [0, 0.1) is 0 Å². The predicted molar refractivity (Wildman–Crippen MR) is 80.8 cm³/mol. The van der Waals surface area contributed by atoms with Gasteiger partial charge in [-0.05, 0) is 51.2 Å². The highest BCUT2D eigenvalue weighted by Crippen LogP contribution is 2.16. The highest BCUT2D eigenvalue weighted by molar-refractivity contribution is 7.89. The molecule has 0 bridgehead atoms. The van der Waals surface area contributed by atoms with Crippen LogP contribution in [0.2, 0.25) is 0 Å². The number of ether oxygens (including phenoxy) is 1.